The number of ether oxygens (including phenoxy) is 1. The number of carbonyl (C=O) groups excluding carboxylic acids is 2. The number of likely N-dealkylation sites (tertiary alicyclic amines) is 1. The lowest BCUT2D eigenvalue weighted by Gasteiger charge is -2.26. The van der Waals surface area contributed by atoms with E-state index in [0.29, 0.717) is 11.3 Å². The quantitative estimate of drug-likeness (QED) is 0.629. The third kappa shape index (κ3) is 4.76. The van der Waals surface area contributed by atoms with Crippen LogP contribution in [0, 0.1) is 0 Å². The van der Waals surface area contributed by atoms with Crippen molar-refractivity contribution in [2.75, 3.05) is 19.7 Å². The number of para-hydroxylation sites is 1. The minimum atomic E-state index is -0.741. The standard InChI is InChI=1S/C15H20N4O3/c16-15(21)18-17-10-12-6-2-3-7-13(12)22-11-14(20)19-8-4-1-5-9-19/h2-3,6-7,10H,1,4-5,8-9,11H2,(H3,16,18,21). The van der Waals surface area contributed by atoms with E-state index in [9.17, 15) is 9.59 Å². The van der Waals surface area contributed by atoms with Gasteiger partial charge in [0.25, 0.3) is 5.91 Å². The molecule has 118 valence electrons. The fourth-order valence-electron chi connectivity index (χ4n) is 2.26. The van der Waals surface area contributed by atoms with E-state index in [1.54, 1.807) is 18.2 Å². The van der Waals surface area contributed by atoms with Gasteiger partial charge in [0, 0.05) is 18.7 Å². The number of primary amides is 1. The maximum atomic E-state index is 12.1. The number of hydrogen-bond acceptors (Lipinski definition) is 4. The normalized spacial score (nSPS) is 14.8. The lowest BCUT2D eigenvalue weighted by molar-refractivity contribution is -0.134. The third-order valence-corrected chi connectivity index (χ3v) is 3.36. The number of benzene rings is 1. The van der Waals surface area contributed by atoms with E-state index in [1.165, 1.54) is 12.6 Å². The largest absolute Gasteiger partial charge is 0.483 e. The molecule has 1 aliphatic heterocycles. The van der Waals surface area contributed by atoms with Crippen LogP contribution in [0.25, 0.3) is 0 Å². The summed E-state index contributed by atoms with van der Waals surface area (Å²) in [4.78, 5) is 24.5. The van der Waals surface area contributed by atoms with Gasteiger partial charge in [-0.25, -0.2) is 10.2 Å². The van der Waals surface area contributed by atoms with Crippen molar-refractivity contribution in [3.05, 3.63) is 29.8 Å². The SMILES string of the molecule is NC(=O)NN=Cc1ccccc1OCC(=O)N1CCCCC1. The van der Waals surface area contributed by atoms with E-state index >= 15 is 0 Å². The van der Waals surface area contributed by atoms with Gasteiger partial charge in [-0.1, -0.05) is 12.1 Å². The highest BCUT2D eigenvalue weighted by molar-refractivity contribution is 5.85. The molecular formula is C15H20N4O3. The van der Waals surface area contributed by atoms with Gasteiger partial charge in [0.2, 0.25) is 0 Å². The number of rotatable bonds is 5. The molecule has 3 amide bonds. The average molecular weight is 304 g/mol. The first-order chi connectivity index (χ1) is 10.7. The number of piperidine rings is 1. The maximum Gasteiger partial charge on any atom is 0.332 e. The Morgan fingerprint density at radius 1 is 1.27 bits per heavy atom. The van der Waals surface area contributed by atoms with Crippen molar-refractivity contribution >= 4 is 18.2 Å². The Morgan fingerprint density at radius 2 is 2.00 bits per heavy atom. The zero-order chi connectivity index (χ0) is 15.8. The van der Waals surface area contributed by atoms with Crippen LogP contribution in [0.3, 0.4) is 0 Å². The van der Waals surface area contributed by atoms with Gasteiger partial charge >= 0.3 is 6.03 Å². The summed E-state index contributed by atoms with van der Waals surface area (Å²) in [5.74, 6) is 0.518. The highest BCUT2D eigenvalue weighted by Crippen LogP contribution is 2.16. The molecule has 3 N–H and O–H groups in total. The zero-order valence-electron chi connectivity index (χ0n) is 12.3. The predicted molar refractivity (Wildman–Crippen MR) is 82.7 cm³/mol. The van der Waals surface area contributed by atoms with E-state index in [-0.39, 0.29) is 12.5 Å². The lowest BCUT2D eigenvalue weighted by atomic mass is 10.1. The van der Waals surface area contributed by atoms with Crippen LogP contribution in [-0.4, -0.2) is 42.7 Å². The second kappa shape index (κ2) is 8.02. The molecule has 0 radical (unpaired) electrons. The molecule has 0 unspecified atom stereocenters. The number of urea groups is 1. The van der Waals surface area contributed by atoms with Gasteiger partial charge in [0.1, 0.15) is 5.75 Å². The van der Waals surface area contributed by atoms with Crippen LogP contribution in [0.4, 0.5) is 4.79 Å². The van der Waals surface area contributed by atoms with Crippen LogP contribution in [0.5, 0.6) is 5.75 Å². The van der Waals surface area contributed by atoms with E-state index in [0.717, 1.165) is 25.9 Å². The highest BCUT2D eigenvalue weighted by Gasteiger charge is 2.17. The van der Waals surface area contributed by atoms with Gasteiger partial charge in [0.05, 0.1) is 6.21 Å². The Balaban J connectivity index is 1.93. The van der Waals surface area contributed by atoms with Gasteiger partial charge in [0.15, 0.2) is 6.61 Å². The summed E-state index contributed by atoms with van der Waals surface area (Å²) in [6.45, 7) is 1.59. The lowest BCUT2D eigenvalue weighted by Crippen LogP contribution is -2.38. The molecule has 1 aliphatic rings. The second-order valence-corrected chi connectivity index (χ2v) is 5.00. The van der Waals surface area contributed by atoms with Crippen LogP contribution in [0.15, 0.2) is 29.4 Å². The molecule has 2 rings (SSSR count). The fourth-order valence-corrected chi connectivity index (χ4v) is 2.26. The maximum absolute atomic E-state index is 12.1. The van der Waals surface area contributed by atoms with Crippen LogP contribution in [0.1, 0.15) is 24.8 Å². The Hall–Kier alpha value is -2.57. The topological polar surface area (TPSA) is 97.0 Å². The smallest absolute Gasteiger partial charge is 0.332 e. The number of nitrogens with two attached hydrogens (primary N) is 1. The summed E-state index contributed by atoms with van der Waals surface area (Å²) in [6.07, 6.45) is 4.70. The first-order valence-electron chi connectivity index (χ1n) is 7.25. The molecular weight excluding hydrogens is 284 g/mol. The summed E-state index contributed by atoms with van der Waals surface area (Å²) in [7, 11) is 0. The van der Waals surface area contributed by atoms with Crippen LogP contribution in [0.2, 0.25) is 0 Å². The van der Waals surface area contributed by atoms with Crippen molar-refractivity contribution in [3.8, 4) is 5.75 Å². The predicted octanol–water partition coefficient (Wildman–Crippen LogP) is 1.08. The number of nitrogens with zero attached hydrogens (tertiary/aromatic N) is 2. The van der Waals surface area contributed by atoms with E-state index in [2.05, 4.69) is 10.5 Å². The zero-order valence-corrected chi connectivity index (χ0v) is 12.3. The minimum Gasteiger partial charge on any atom is -0.483 e. The molecule has 1 aromatic rings. The number of nitrogens with one attached hydrogen (secondary N) is 1. The van der Waals surface area contributed by atoms with Crippen molar-refractivity contribution in [1.82, 2.24) is 10.3 Å². The molecule has 0 aromatic heterocycles. The third-order valence-electron chi connectivity index (χ3n) is 3.36. The van der Waals surface area contributed by atoms with Crippen molar-refractivity contribution in [2.24, 2.45) is 10.8 Å². The minimum absolute atomic E-state index is 0.00585. The molecule has 1 saturated heterocycles. The second-order valence-electron chi connectivity index (χ2n) is 5.00. The first kappa shape index (κ1) is 15.8. The molecule has 1 aromatic carbocycles. The van der Waals surface area contributed by atoms with Crippen molar-refractivity contribution in [1.29, 1.82) is 0 Å². The van der Waals surface area contributed by atoms with Crippen molar-refractivity contribution < 1.29 is 14.3 Å². The van der Waals surface area contributed by atoms with Crippen LogP contribution >= 0.6 is 0 Å². The molecule has 0 atom stereocenters. The summed E-state index contributed by atoms with van der Waals surface area (Å²) >= 11 is 0. The highest BCUT2D eigenvalue weighted by atomic mass is 16.5. The van der Waals surface area contributed by atoms with Gasteiger partial charge in [-0.05, 0) is 31.4 Å². The van der Waals surface area contributed by atoms with E-state index in [1.807, 2.05) is 11.0 Å². The van der Waals surface area contributed by atoms with E-state index in [4.69, 9.17) is 10.5 Å². The Morgan fingerprint density at radius 3 is 2.73 bits per heavy atom. The molecule has 0 saturated carbocycles. The number of carbonyl (C=O) groups is 2. The summed E-state index contributed by atoms with van der Waals surface area (Å²) in [5, 5.41) is 3.69. The summed E-state index contributed by atoms with van der Waals surface area (Å²) in [6, 6.07) is 6.39. The molecule has 7 nitrogen and oxygen atoms in total. The van der Waals surface area contributed by atoms with Gasteiger partial charge < -0.3 is 15.4 Å². The number of hydrogen-bond donors (Lipinski definition) is 2. The molecule has 1 heterocycles. The van der Waals surface area contributed by atoms with E-state index < -0.39 is 6.03 Å². The first-order valence-corrected chi connectivity index (χ1v) is 7.25. The monoisotopic (exact) mass is 304 g/mol. The fraction of sp³-hybridized carbons (Fsp3) is 0.400. The molecule has 0 spiro atoms. The number of amides is 3. The summed E-state index contributed by atoms with van der Waals surface area (Å²) < 4.78 is 5.58. The molecule has 0 bridgehead atoms. The van der Waals surface area contributed by atoms with Gasteiger partial charge in [-0.3, -0.25) is 4.79 Å². The molecule has 7 heteroatoms. The Bertz CT molecular complexity index is 553. The van der Waals surface area contributed by atoms with Crippen LogP contribution in [-0.2, 0) is 4.79 Å². The van der Waals surface area contributed by atoms with Crippen molar-refractivity contribution in [2.45, 2.75) is 19.3 Å². The van der Waals surface area contributed by atoms with Crippen molar-refractivity contribution in [3.63, 3.8) is 0 Å². The van der Waals surface area contributed by atoms with Crippen LogP contribution < -0.4 is 15.9 Å². The Kier molecular flexibility index (Phi) is 5.76. The van der Waals surface area contributed by atoms with Gasteiger partial charge in [-0.15, -0.1) is 0 Å². The number of hydrazone groups is 1. The molecule has 22 heavy (non-hydrogen) atoms. The van der Waals surface area contributed by atoms with Gasteiger partial charge in [-0.2, -0.15) is 5.10 Å². The Labute approximate surface area is 129 Å². The average Bonchev–Trinajstić information content (AvgIpc) is 2.54. The summed E-state index contributed by atoms with van der Waals surface area (Å²) in [5.41, 5.74) is 7.70. The molecule has 0 aliphatic carbocycles. The molecule has 1 fully saturated rings.